The Bertz CT molecular complexity index is 1250. The van der Waals surface area contributed by atoms with Gasteiger partial charge < -0.3 is 19.5 Å². The lowest BCUT2D eigenvalue weighted by Gasteiger charge is -2.35. The van der Waals surface area contributed by atoms with Gasteiger partial charge >= 0.3 is 0 Å². The Morgan fingerprint density at radius 1 is 1.03 bits per heavy atom. The van der Waals surface area contributed by atoms with Crippen LogP contribution in [-0.2, 0) is 6.54 Å². The maximum Gasteiger partial charge on any atom is 0.212 e. The van der Waals surface area contributed by atoms with Crippen molar-refractivity contribution < 1.29 is 14.6 Å². The minimum absolute atomic E-state index is 0.206. The van der Waals surface area contributed by atoms with Crippen molar-refractivity contribution in [2.24, 2.45) is 0 Å². The Hall–Kier alpha value is -3.76. The Balaban J connectivity index is 1.25. The summed E-state index contributed by atoms with van der Waals surface area (Å²) in [6.07, 6.45) is 6.47. The van der Waals surface area contributed by atoms with Crippen molar-refractivity contribution in [1.82, 2.24) is 29.5 Å². The van der Waals surface area contributed by atoms with E-state index in [1.54, 1.807) is 24.7 Å². The molecule has 0 spiro atoms. The van der Waals surface area contributed by atoms with Crippen molar-refractivity contribution in [2.75, 3.05) is 44.8 Å². The highest BCUT2D eigenvalue weighted by Crippen LogP contribution is 2.28. The number of rotatable bonds is 8. The molecule has 10 nitrogen and oxygen atoms in total. The summed E-state index contributed by atoms with van der Waals surface area (Å²) in [6, 6.07) is 9.99. The van der Waals surface area contributed by atoms with Crippen LogP contribution in [0.3, 0.4) is 0 Å². The number of anilines is 1. The predicted molar refractivity (Wildman–Crippen MR) is 132 cm³/mol. The van der Waals surface area contributed by atoms with Crippen molar-refractivity contribution in [3.63, 3.8) is 0 Å². The SMILES string of the molecule is COc1ccc(CN2CCN(c3ccc(-c4cc(OC[C@@H](C)O)cn5ncnc45)cn3)CC2)cn1. The summed E-state index contributed by atoms with van der Waals surface area (Å²) in [5, 5.41) is 13.8. The number of aliphatic hydroxyl groups excluding tert-OH is 1. The van der Waals surface area contributed by atoms with Crippen molar-refractivity contribution in [2.45, 2.75) is 19.6 Å². The van der Waals surface area contributed by atoms with E-state index in [2.05, 4.69) is 43.1 Å². The molecular weight excluding hydrogens is 446 g/mol. The van der Waals surface area contributed by atoms with Crippen LogP contribution in [0.5, 0.6) is 11.6 Å². The molecule has 1 N–H and O–H groups in total. The molecule has 1 saturated heterocycles. The lowest BCUT2D eigenvalue weighted by atomic mass is 10.1. The number of hydrogen-bond acceptors (Lipinski definition) is 9. The molecule has 182 valence electrons. The van der Waals surface area contributed by atoms with Crippen LogP contribution in [0.2, 0.25) is 0 Å². The molecule has 1 aliphatic rings. The average molecular weight is 476 g/mol. The second kappa shape index (κ2) is 10.2. The van der Waals surface area contributed by atoms with Crippen molar-refractivity contribution in [3.05, 3.63) is 60.8 Å². The van der Waals surface area contributed by atoms with Crippen LogP contribution in [0.1, 0.15) is 12.5 Å². The molecule has 0 radical (unpaired) electrons. The Labute approximate surface area is 203 Å². The molecule has 0 saturated carbocycles. The average Bonchev–Trinajstić information content (AvgIpc) is 3.37. The number of methoxy groups -OCH3 is 1. The van der Waals surface area contributed by atoms with E-state index in [9.17, 15) is 5.11 Å². The van der Waals surface area contributed by atoms with Crippen LogP contribution in [0, 0.1) is 0 Å². The summed E-state index contributed by atoms with van der Waals surface area (Å²) >= 11 is 0. The zero-order valence-electron chi connectivity index (χ0n) is 19.9. The predicted octanol–water partition coefficient (Wildman–Crippen LogP) is 2.28. The minimum Gasteiger partial charge on any atom is -0.489 e. The quantitative estimate of drug-likeness (QED) is 0.411. The number of fused-ring (bicyclic) bond motifs is 1. The van der Waals surface area contributed by atoms with Gasteiger partial charge in [0, 0.05) is 62.3 Å². The van der Waals surface area contributed by atoms with Gasteiger partial charge in [-0.25, -0.2) is 19.5 Å². The molecule has 0 amide bonds. The number of hydrogen-bond donors (Lipinski definition) is 1. The first-order chi connectivity index (χ1) is 17.1. The summed E-state index contributed by atoms with van der Waals surface area (Å²) < 4.78 is 12.5. The van der Waals surface area contributed by atoms with E-state index in [0.717, 1.165) is 55.3 Å². The van der Waals surface area contributed by atoms with Gasteiger partial charge in [0.1, 0.15) is 24.5 Å². The maximum atomic E-state index is 9.55. The van der Waals surface area contributed by atoms with Crippen LogP contribution < -0.4 is 14.4 Å². The van der Waals surface area contributed by atoms with Gasteiger partial charge in [0.15, 0.2) is 5.65 Å². The topological polar surface area (TPSA) is 101 Å². The third-order valence-corrected chi connectivity index (χ3v) is 6.01. The van der Waals surface area contributed by atoms with Gasteiger partial charge in [-0.05, 0) is 30.7 Å². The van der Waals surface area contributed by atoms with Crippen molar-refractivity contribution in [3.8, 4) is 22.8 Å². The molecule has 5 heterocycles. The Morgan fingerprint density at radius 2 is 1.89 bits per heavy atom. The highest BCUT2D eigenvalue weighted by molar-refractivity contribution is 5.78. The summed E-state index contributed by atoms with van der Waals surface area (Å²) in [4.78, 5) is 18.2. The smallest absolute Gasteiger partial charge is 0.212 e. The van der Waals surface area contributed by atoms with Crippen LogP contribution in [0.4, 0.5) is 5.82 Å². The normalized spacial score (nSPS) is 15.3. The highest BCUT2D eigenvalue weighted by atomic mass is 16.5. The van der Waals surface area contributed by atoms with E-state index in [1.165, 1.54) is 11.9 Å². The fourth-order valence-corrected chi connectivity index (χ4v) is 4.16. The van der Waals surface area contributed by atoms with Crippen LogP contribution in [-0.4, -0.2) is 80.6 Å². The minimum atomic E-state index is -0.556. The summed E-state index contributed by atoms with van der Waals surface area (Å²) in [7, 11) is 1.63. The molecule has 0 aromatic carbocycles. The zero-order chi connectivity index (χ0) is 24.2. The van der Waals surface area contributed by atoms with Crippen molar-refractivity contribution >= 4 is 11.5 Å². The number of piperazine rings is 1. The van der Waals surface area contributed by atoms with E-state index < -0.39 is 6.10 Å². The lowest BCUT2D eigenvalue weighted by molar-refractivity contribution is 0.122. The zero-order valence-corrected chi connectivity index (χ0v) is 19.9. The first-order valence-electron chi connectivity index (χ1n) is 11.7. The maximum absolute atomic E-state index is 9.55. The van der Waals surface area contributed by atoms with Gasteiger partial charge in [0.25, 0.3) is 0 Å². The first-order valence-corrected chi connectivity index (χ1v) is 11.7. The van der Waals surface area contributed by atoms with E-state index >= 15 is 0 Å². The molecule has 5 rings (SSSR count). The molecule has 10 heteroatoms. The van der Waals surface area contributed by atoms with Crippen LogP contribution >= 0.6 is 0 Å². The molecule has 1 aliphatic heterocycles. The van der Waals surface area contributed by atoms with Crippen molar-refractivity contribution in [1.29, 1.82) is 0 Å². The largest absolute Gasteiger partial charge is 0.489 e. The van der Waals surface area contributed by atoms with Crippen LogP contribution in [0.25, 0.3) is 16.8 Å². The molecule has 4 aromatic heterocycles. The van der Waals surface area contributed by atoms with Gasteiger partial charge in [-0.3, -0.25) is 4.90 Å². The number of ether oxygens (including phenoxy) is 2. The lowest BCUT2D eigenvalue weighted by Crippen LogP contribution is -2.46. The third kappa shape index (κ3) is 5.33. The molecule has 1 fully saturated rings. The fourth-order valence-electron chi connectivity index (χ4n) is 4.16. The standard InChI is InChI=1S/C25H29N7O3/c1-18(33)16-35-21-11-22(25-28-17-29-32(25)15-21)20-4-5-23(26-13-20)31-9-7-30(8-10-31)14-19-3-6-24(34-2)27-12-19/h3-6,11-13,15,17-18,33H,7-10,14,16H2,1-2H3/t18-/m1/s1. The van der Waals surface area contributed by atoms with E-state index in [0.29, 0.717) is 11.6 Å². The Morgan fingerprint density at radius 3 is 2.57 bits per heavy atom. The van der Waals surface area contributed by atoms with Gasteiger partial charge in [-0.1, -0.05) is 6.07 Å². The molecule has 0 aliphatic carbocycles. The van der Waals surface area contributed by atoms with Gasteiger partial charge in [-0.15, -0.1) is 0 Å². The van der Waals surface area contributed by atoms with E-state index in [1.807, 2.05) is 24.5 Å². The second-order valence-corrected chi connectivity index (χ2v) is 8.65. The molecule has 1 atom stereocenters. The van der Waals surface area contributed by atoms with Gasteiger partial charge in [0.05, 0.1) is 19.4 Å². The molecule has 0 unspecified atom stereocenters. The molecule has 35 heavy (non-hydrogen) atoms. The first kappa shape index (κ1) is 23.0. The monoisotopic (exact) mass is 475 g/mol. The number of pyridine rings is 3. The van der Waals surface area contributed by atoms with Crippen LogP contribution in [0.15, 0.2) is 55.2 Å². The van der Waals surface area contributed by atoms with E-state index in [4.69, 9.17) is 14.5 Å². The Kier molecular flexibility index (Phi) is 6.73. The third-order valence-electron chi connectivity index (χ3n) is 6.01. The number of aliphatic hydroxyl groups is 1. The number of nitrogens with zero attached hydrogens (tertiary/aromatic N) is 7. The fraction of sp³-hybridized carbons (Fsp3) is 0.360. The second-order valence-electron chi connectivity index (χ2n) is 8.65. The summed E-state index contributed by atoms with van der Waals surface area (Å²) in [5.41, 5.74) is 3.72. The van der Waals surface area contributed by atoms with Gasteiger partial charge in [0.2, 0.25) is 5.88 Å². The number of aromatic nitrogens is 5. The summed E-state index contributed by atoms with van der Waals surface area (Å²) in [6.45, 7) is 6.50. The molecule has 4 aromatic rings. The molecular formula is C25H29N7O3. The molecule has 0 bridgehead atoms. The van der Waals surface area contributed by atoms with E-state index in [-0.39, 0.29) is 6.61 Å². The van der Waals surface area contributed by atoms with Gasteiger partial charge in [-0.2, -0.15) is 5.10 Å². The highest BCUT2D eigenvalue weighted by Gasteiger charge is 2.19. The summed E-state index contributed by atoms with van der Waals surface area (Å²) in [5.74, 6) is 2.21.